The van der Waals surface area contributed by atoms with Crippen molar-refractivity contribution >= 4 is 43.5 Å². The van der Waals surface area contributed by atoms with Gasteiger partial charge < -0.3 is 18.8 Å². The van der Waals surface area contributed by atoms with Gasteiger partial charge >= 0.3 is 0 Å². The average Bonchev–Trinajstić information content (AvgIpc) is 3.44. The predicted molar refractivity (Wildman–Crippen MR) is 112 cm³/mol. The van der Waals surface area contributed by atoms with Gasteiger partial charge in [-0.3, -0.25) is 4.79 Å². The molecule has 3 aromatic heterocycles. The fourth-order valence-corrected chi connectivity index (χ4v) is 3.86. The monoisotopic (exact) mass is 450 g/mol. The van der Waals surface area contributed by atoms with Crippen LogP contribution in [0.2, 0.25) is 0 Å². The van der Waals surface area contributed by atoms with Crippen LogP contribution in [0.25, 0.3) is 33.2 Å². The van der Waals surface area contributed by atoms with Gasteiger partial charge in [-0.2, -0.15) is 4.98 Å². The number of carbonyl (C=O) groups is 1. The van der Waals surface area contributed by atoms with Gasteiger partial charge in [-0.15, -0.1) is 0 Å². The molecule has 0 saturated carbocycles. The van der Waals surface area contributed by atoms with Crippen LogP contribution in [-0.4, -0.2) is 32.6 Å². The highest BCUT2D eigenvalue weighted by Gasteiger charge is 2.23. The molecule has 8 heteroatoms. The van der Waals surface area contributed by atoms with E-state index in [-0.39, 0.29) is 11.7 Å². The second-order valence-corrected chi connectivity index (χ2v) is 7.60. The first-order valence-corrected chi connectivity index (χ1v) is 9.63. The SMILES string of the molecule is COc1ccc2c(c1)c(C(=O)c1nc(-c3c[nH]c4ccc(Br)cc34)no1)cn2C. The predicted octanol–water partition coefficient (Wildman–Crippen LogP) is 4.71. The quantitative estimate of drug-likeness (QED) is 0.400. The van der Waals surface area contributed by atoms with Crippen molar-refractivity contribution in [2.75, 3.05) is 7.11 Å². The number of ether oxygens (including phenoxy) is 1. The van der Waals surface area contributed by atoms with Crippen molar-refractivity contribution in [1.82, 2.24) is 19.7 Å². The Morgan fingerprint density at radius 1 is 1.21 bits per heavy atom. The van der Waals surface area contributed by atoms with Crippen LogP contribution in [0.5, 0.6) is 5.75 Å². The first-order valence-electron chi connectivity index (χ1n) is 8.83. The fourth-order valence-electron chi connectivity index (χ4n) is 3.50. The minimum atomic E-state index is -0.330. The van der Waals surface area contributed by atoms with Gasteiger partial charge in [0, 0.05) is 51.3 Å². The van der Waals surface area contributed by atoms with Gasteiger partial charge in [-0.05, 0) is 36.4 Å². The number of aromatic nitrogens is 4. The highest BCUT2D eigenvalue weighted by molar-refractivity contribution is 9.10. The number of nitrogens with one attached hydrogen (secondary N) is 1. The molecule has 144 valence electrons. The average molecular weight is 451 g/mol. The minimum absolute atomic E-state index is 0.0559. The number of ketones is 1. The number of aromatic amines is 1. The van der Waals surface area contributed by atoms with E-state index in [0.29, 0.717) is 17.1 Å². The Labute approximate surface area is 173 Å². The van der Waals surface area contributed by atoms with Crippen LogP contribution in [0.3, 0.4) is 0 Å². The van der Waals surface area contributed by atoms with E-state index in [2.05, 4.69) is 31.1 Å². The Morgan fingerprint density at radius 2 is 2.07 bits per heavy atom. The first kappa shape index (κ1) is 17.7. The van der Waals surface area contributed by atoms with E-state index in [0.717, 1.165) is 31.8 Å². The van der Waals surface area contributed by atoms with Crippen LogP contribution < -0.4 is 4.74 Å². The van der Waals surface area contributed by atoms with Gasteiger partial charge in [-0.1, -0.05) is 21.1 Å². The number of carbonyl (C=O) groups excluding carboxylic acids is 1. The van der Waals surface area contributed by atoms with Crippen molar-refractivity contribution < 1.29 is 14.1 Å². The lowest BCUT2D eigenvalue weighted by Crippen LogP contribution is -2.01. The molecule has 0 aliphatic heterocycles. The molecule has 2 aromatic carbocycles. The van der Waals surface area contributed by atoms with Crippen LogP contribution >= 0.6 is 15.9 Å². The normalized spacial score (nSPS) is 11.4. The smallest absolute Gasteiger partial charge is 0.299 e. The number of rotatable bonds is 4. The maximum Gasteiger partial charge on any atom is 0.299 e. The van der Waals surface area contributed by atoms with E-state index in [1.54, 1.807) is 19.5 Å². The maximum atomic E-state index is 13.1. The molecule has 0 atom stereocenters. The lowest BCUT2D eigenvalue weighted by Gasteiger charge is -2.01. The summed E-state index contributed by atoms with van der Waals surface area (Å²) in [7, 11) is 3.48. The summed E-state index contributed by atoms with van der Waals surface area (Å²) in [5, 5.41) is 5.74. The summed E-state index contributed by atoms with van der Waals surface area (Å²) >= 11 is 3.48. The second kappa shape index (κ2) is 6.59. The van der Waals surface area contributed by atoms with Gasteiger partial charge in [0.05, 0.1) is 12.7 Å². The Kier molecular flexibility index (Phi) is 4.02. The van der Waals surface area contributed by atoms with Crippen LogP contribution in [0.4, 0.5) is 0 Å². The number of aryl methyl sites for hydroxylation is 1. The van der Waals surface area contributed by atoms with E-state index < -0.39 is 0 Å². The summed E-state index contributed by atoms with van der Waals surface area (Å²) in [6.07, 6.45) is 3.57. The van der Waals surface area contributed by atoms with E-state index in [4.69, 9.17) is 9.26 Å². The molecule has 5 aromatic rings. The van der Waals surface area contributed by atoms with E-state index in [9.17, 15) is 4.79 Å². The van der Waals surface area contributed by atoms with Crippen molar-refractivity contribution in [2.45, 2.75) is 0 Å². The maximum absolute atomic E-state index is 13.1. The Balaban J connectivity index is 1.58. The van der Waals surface area contributed by atoms with Crippen LogP contribution in [0, 0.1) is 0 Å². The molecule has 5 rings (SSSR count). The molecule has 0 bridgehead atoms. The lowest BCUT2D eigenvalue weighted by atomic mass is 10.1. The van der Waals surface area contributed by atoms with Crippen LogP contribution in [0.1, 0.15) is 16.2 Å². The van der Waals surface area contributed by atoms with Crippen molar-refractivity contribution in [1.29, 1.82) is 0 Å². The van der Waals surface area contributed by atoms with E-state index >= 15 is 0 Å². The molecule has 0 saturated heterocycles. The van der Waals surface area contributed by atoms with Crippen molar-refractivity contribution in [3.63, 3.8) is 0 Å². The summed E-state index contributed by atoms with van der Waals surface area (Å²) in [4.78, 5) is 20.7. The molecule has 0 fully saturated rings. The van der Waals surface area contributed by atoms with Crippen LogP contribution in [0.15, 0.2) is 57.8 Å². The summed E-state index contributed by atoms with van der Waals surface area (Å²) < 4.78 is 13.4. The number of methoxy groups -OCH3 is 1. The number of H-pyrrole nitrogens is 1. The summed E-state index contributed by atoms with van der Waals surface area (Å²) in [6, 6.07) is 11.5. The molecule has 29 heavy (non-hydrogen) atoms. The topological polar surface area (TPSA) is 85.9 Å². The summed E-state index contributed by atoms with van der Waals surface area (Å²) in [5.74, 6) is 0.646. The first-order chi connectivity index (χ1) is 14.0. The van der Waals surface area contributed by atoms with Gasteiger partial charge in [0.2, 0.25) is 5.82 Å². The van der Waals surface area contributed by atoms with Gasteiger partial charge in [-0.25, -0.2) is 0 Å². The molecule has 0 spiro atoms. The van der Waals surface area contributed by atoms with E-state index in [1.807, 2.05) is 48.0 Å². The Hall–Kier alpha value is -3.39. The van der Waals surface area contributed by atoms with Crippen molar-refractivity contribution in [3.05, 3.63) is 64.7 Å². The molecule has 0 unspecified atom stereocenters. The number of fused-ring (bicyclic) bond motifs is 2. The highest BCUT2D eigenvalue weighted by Crippen LogP contribution is 2.30. The number of hydrogen-bond donors (Lipinski definition) is 1. The molecule has 0 aliphatic carbocycles. The molecular weight excluding hydrogens is 436 g/mol. The molecule has 7 nitrogen and oxygen atoms in total. The van der Waals surface area contributed by atoms with E-state index in [1.165, 1.54) is 0 Å². The van der Waals surface area contributed by atoms with Gasteiger partial charge in [0.15, 0.2) is 0 Å². The molecule has 0 aliphatic rings. The zero-order valence-electron chi connectivity index (χ0n) is 15.6. The van der Waals surface area contributed by atoms with Gasteiger partial charge in [0.25, 0.3) is 11.7 Å². The number of hydrogen-bond acceptors (Lipinski definition) is 5. The largest absolute Gasteiger partial charge is 0.497 e. The minimum Gasteiger partial charge on any atom is -0.497 e. The Bertz CT molecular complexity index is 1400. The molecule has 0 amide bonds. The third-order valence-electron chi connectivity index (χ3n) is 4.95. The summed E-state index contributed by atoms with van der Waals surface area (Å²) in [6.45, 7) is 0. The molecule has 3 heterocycles. The van der Waals surface area contributed by atoms with Gasteiger partial charge in [0.1, 0.15) is 5.75 Å². The van der Waals surface area contributed by atoms with Crippen LogP contribution in [-0.2, 0) is 7.05 Å². The zero-order valence-corrected chi connectivity index (χ0v) is 17.1. The molecular formula is C21H15BrN4O3. The zero-order chi connectivity index (χ0) is 20.1. The van der Waals surface area contributed by atoms with Crippen molar-refractivity contribution in [2.24, 2.45) is 7.05 Å². The van der Waals surface area contributed by atoms with Crippen molar-refractivity contribution in [3.8, 4) is 17.1 Å². The fraction of sp³-hybridized carbons (Fsp3) is 0.0952. The Morgan fingerprint density at radius 3 is 2.90 bits per heavy atom. The lowest BCUT2D eigenvalue weighted by molar-refractivity contribution is 0.0995. The number of benzene rings is 2. The molecule has 1 N–H and O–H groups in total. The highest BCUT2D eigenvalue weighted by atomic mass is 79.9. The third-order valence-corrected chi connectivity index (χ3v) is 5.44. The number of halogens is 1. The second-order valence-electron chi connectivity index (χ2n) is 6.68. The summed E-state index contributed by atoms with van der Waals surface area (Å²) in [5.41, 5.74) is 3.11. The standard InChI is InChI=1S/C21H15BrN4O3/c1-26-10-16(14-8-12(28-2)4-6-18(14)26)19(27)21-24-20(25-29-21)15-9-23-17-5-3-11(22)7-13(15)17/h3-10,23H,1-2H3. The molecule has 0 radical (unpaired) electrons. The number of nitrogens with zero attached hydrogens (tertiary/aromatic N) is 3. The third kappa shape index (κ3) is 2.84.